The van der Waals surface area contributed by atoms with Gasteiger partial charge in [-0.15, -0.1) is 0 Å². The molecular formula is C29H28N4O2. The molecule has 0 aliphatic carbocycles. The summed E-state index contributed by atoms with van der Waals surface area (Å²) in [6.07, 6.45) is 5.04. The van der Waals surface area contributed by atoms with Crippen LogP contribution in [0.15, 0.2) is 97.3 Å². The Labute approximate surface area is 205 Å². The van der Waals surface area contributed by atoms with Gasteiger partial charge in [0.25, 0.3) is 5.91 Å². The number of piperidine rings is 1. The number of hydrogen-bond acceptors (Lipinski definition) is 3. The van der Waals surface area contributed by atoms with E-state index in [4.69, 9.17) is 0 Å². The monoisotopic (exact) mass is 464 g/mol. The zero-order chi connectivity index (χ0) is 24.0. The van der Waals surface area contributed by atoms with Crippen molar-refractivity contribution in [3.8, 4) is 11.1 Å². The Balaban J connectivity index is 1.24. The molecule has 6 nitrogen and oxygen atoms in total. The van der Waals surface area contributed by atoms with Gasteiger partial charge in [0, 0.05) is 42.7 Å². The Hall–Kier alpha value is -4.19. The van der Waals surface area contributed by atoms with Crippen molar-refractivity contribution in [2.45, 2.75) is 19.4 Å². The van der Waals surface area contributed by atoms with E-state index >= 15 is 0 Å². The van der Waals surface area contributed by atoms with E-state index in [0.717, 1.165) is 22.4 Å². The van der Waals surface area contributed by atoms with Crippen molar-refractivity contribution in [1.29, 1.82) is 0 Å². The highest BCUT2D eigenvalue weighted by Gasteiger charge is 2.28. The van der Waals surface area contributed by atoms with Gasteiger partial charge in [0.2, 0.25) is 5.91 Å². The summed E-state index contributed by atoms with van der Waals surface area (Å²) in [7, 11) is 0. The zero-order valence-electron chi connectivity index (χ0n) is 19.5. The average Bonchev–Trinajstić information content (AvgIpc) is 3.42. The Morgan fingerprint density at radius 3 is 2.29 bits per heavy atom. The van der Waals surface area contributed by atoms with Crippen molar-refractivity contribution < 1.29 is 9.59 Å². The maximum absolute atomic E-state index is 13.5. The Morgan fingerprint density at radius 1 is 0.857 bits per heavy atom. The number of rotatable bonds is 6. The van der Waals surface area contributed by atoms with Crippen LogP contribution in [0.4, 0.5) is 5.69 Å². The predicted molar refractivity (Wildman–Crippen MR) is 137 cm³/mol. The van der Waals surface area contributed by atoms with Gasteiger partial charge in [-0.05, 0) is 53.8 Å². The summed E-state index contributed by atoms with van der Waals surface area (Å²) in [5.74, 6) is -0.0427. The number of hydrogen-bond donors (Lipinski definition) is 1. The molecule has 1 aromatic heterocycles. The van der Waals surface area contributed by atoms with E-state index in [1.807, 2.05) is 76.4 Å². The average molecular weight is 465 g/mol. The van der Waals surface area contributed by atoms with Crippen LogP contribution in [-0.2, 0) is 11.3 Å². The first kappa shape index (κ1) is 22.6. The van der Waals surface area contributed by atoms with E-state index in [0.29, 0.717) is 38.0 Å². The Kier molecular flexibility index (Phi) is 6.70. The quantitative estimate of drug-likeness (QED) is 0.432. The predicted octanol–water partition coefficient (Wildman–Crippen LogP) is 5.09. The third-order valence-electron chi connectivity index (χ3n) is 6.52. The lowest BCUT2D eigenvalue weighted by molar-refractivity contribution is -0.121. The molecule has 5 rings (SSSR count). The van der Waals surface area contributed by atoms with Gasteiger partial charge in [-0.2, -0.15) is 5.10 Å². The van der Waals surface area contributed by atoms with Crippen molar-refractivity contribution in [2.24, 2.45) is 5.92 Å². The summed E-state index contributed by atoms with van der Waals surface area (Å²) in [5.41, 5.74) is 4.58. The highest BCUT2D eigenvalue weighted by molar-refractivity contribution is 6.01. The molecular weight excluding hydrogens is 436 g/mol. The first-order valence-corrected chi connectivity index (χ1v) is 12.0. The fourth-order valence-electron chi connectivity index (χ4n) is 4.57. The number of nitrogens with zero attached hydrogens (tertiary/aromatic N) is 3. The lowest BCUT2D eigenvalue weighted by Crippen LogP contribution is -2.41. The molecule has 0 bridgehead atoms. The van der Waals surface area contributed by atoms with E-state index in [1.54, 1.807) is 6.20 Å². The van der Waals surface area contributed by atoms with Crippen LogP contribution in [0.2, 0.25) is 0 Å². The summed E-state index contributed by atoms with van der Waals surface area (Å²) >= 11 is 0. The lowest BCUT2D eigenvalue weighted by Gasteiger charge is -2.32. The van der Waals surface area contributed by atoms with Crippen LogP contribution in [0.1, 0.15) is 28.8 Å². The molecule has 2 amide bonds. The highest BCUT2D eigenvalue weighted by Crippen LogP contribution is 2.27. The fourth-order valence-corrected chi connectivity index (χ4v) is 4.57. The summed E-state index contributed by atoms with van der Waals surface area (Å²) in [6.45, 7) is 1.85. The second kappa shape index (κ2) is 10.4. The third-order valence-corrected chi connectivity index (χ3v) is 6.52. The zero-order valence-corrected chi connectivity index (χ0v) is 19.5. The summed E-state index contributed by atoms with van der Waals surface area (Å²) in [5, 5.41) is 7.25. The number of nitrogens with one attached hydrogen (secondary N) is 1. The van der Waals surface area contributed by atoms with Gasteiger partial charge < -0.3 is 10.2 Å². The normalized spacial score (nSPS) is 14.0. The van der Waals surface area contributed by atoms with Gasteiger partial charge in [-0.1, -0.05) is 60.7 Å². The van der Waals surface area contributed by atoms with Crippen molar-refractivity contribution in [1.82, 2.24) is 14.7 Å². The van der Waals surface area contributed by atoms with E-state index in [2.05, 4.69) is 34.7 Å². The highest BCUT2D eigenvalue weighted by atomic mass is 16.2. The maximum atomic E-state index is 13.5. The second-order valence-corrected chi connectivity index (χ2v) is 8.87. The molecule has 4 aromatic rings. The van der Waals surface area contributed by atoms with E-state index in [9.17, 15) is 9.59 Å². The number of carbonyl (C=O) groups is 2. The summed E-state index contributed by atoms with van der Waals surface area (Å²) in [6, 6.07) is 27.5. The molecule has 3 aromatic carbocycles. The number of anilines is 1. The first-order chi connectivity index (χ1) is 17.2. The molecule has 1 aliphatic heterocycles. The van der Waals surface area contributed by atoms with Gasteiger partial charge in [0.05, 0.1) is 6.54 Å². The molecule has 6 heteroatoms. The third kappa shape index (κ3) is 5.32. The molecule has 2 heterocycles. The van der Waals surface area contributed by atoms with Gasteiger partial charge in [0.15, 0.2) is 0 Å². The van der Waals surface area contributed by atoms with Crippen LogP contribution in [0.3, 0.4) is 0 Å². The smallest absolute Gasteiger partial charge is 0.254 e. The Bertz CT molecular complexity index is 1280. The SMILES string of the molecule is O=C(Nc1ccccc1)C1CCN(C(=O)c2ccccc2-c2ccc(Cn3cccn3)cc2)CC1. The van der Waals surface area contributed by atoms with Crippen LogP contribution < -0.4 is 5.32 Å². The van der Waals surface area contributed by atoms with Crippen LogP contribution in [0, 0.1) is 5.92 Å². The van der Waals surface area contributed by atoms with Crippen molar-refractivity contribution >= 4 is 17.5 Å². The van der Waals surface area contributed by atoms with E-state index in [1.165, 1.54) is 0 Å². The second-order valence-electron chi connectivity index (χ2n) is 8.87. The van der Waals surface area contributed by atoms with Crippen molar-refractivity contribution in [3.63, 3.8) is 0 Å². The minimum Gasteiger partial charge on any atom is -0.339 e. The topological polar surface area (TPSA) is 67.2 Å². The molecule has 1 saturated heterocycles. The van der Waals surface area contributed by atoms with E-state index < -0.39 is 0 Å². The fraction of sp³-hybridized carbons (Fsp3) is 0.207. The largest absolute Gasteiger partial charge is 0.339 e. The van der Waals surface area contributed by atoms with Gasteiger partial charge in [0.1, 0.15) is 0 Å². The molecule has 0 unspecified atom stereocenters. The summed E-state index contributed by atoms with van der Waals surface area (Å²) in [4.78, 5) is 28.0. The molecule has 1 N–H and O–H groups in total. The first-order valence-electron chi connectivity index (χ1n) is 12.0. The van der Waals surface area contributed by atoms with E-state index in [-0.39, 0.29) is 17.7 Å². The standard InChI is InChI=1S/C29H28N4O2/c34-28(31-25-7-2-1-3-8-25)24-15-19-32(20-16-24)29(35)27-10-5-4-9-26(27)23-13-11-22(12-14-23)21-33-18-6-17-30-33/h1-14,17-18,24H,15-16,19-21H2,(H,31,34). The van der Waals surface area contributed by atoms with Crippen LogP contribution in [-0.4, -0.2) is 39.6 Å². The van der Waals surface area contributed by atoms with Crippen molar-refractivity contribution in [3.05, 3.63) is 108 Å². The molecule has 35 heavy (non-hydrogen) atoms. The summed E-state index contributed by atoms with van der Waals surface area (Å²) < 4.78 is 1.89. The minimum absolute atomic E-state index is 0.0168. The van der Waals surface area contributed by atoms with Gasteiger partial charge in [-0.25, -0.2) is 0 Å². The lowest BCUT2D eigenvalue weighted by atomic mass is 9.93. The molecule has 176 valence electrons. The number of aromatic nitrogens is 2. The number of carbonyl (C=O) groups excluding carboxylic acids is 2. The van der Waals surface area contributed by atoms with Crippen LogP contribution >= 0.6 is 0 Å². The molecule has 1 fully saturated rings. The number of para-hydroxylation sites is 1. The molecule has 0 saturated carbocycles. The number of amides is 2. The Morgan fingerprint density at radius 2 is 1.57 bits per heavy atom. The van der Waals surface area contributed by atoms with Crippen LogP contribution in [0.5, 0.6) is 0 Å². The number of benzene rings is 3. The minimum atomic E-state index is -0.0863. The van der Waals surface area contributed by atoms with Gasteiger partial charge >= 0.3 is 0 Å². The van der Waals surface area contributed by atoms with Gasteiger partial charge in [-0.3, -0.25) is 14.3 Å². The molecule has 1 aliphatic rings. The van der Waals surface area contributed by atoms with Crippen molar-refractivity contribution in [2.75, 3.05) is 18.4 Å². The molecule has 0 atom stereocenters. The maximum Gasteiger partial charge on any atom is 0.254 e. The number of likely N-dealkylation sites (tertiary alicyclic amines) is 1. The molecule has 0 radical (unpaired) electrons. The molecule has 0 spiro atoms. The van der Waals surface area contributed by atoms with Crippen LogP contribution in [0.25, 0.3) is 11.1 Å².